The molecule has 2 N–H and O–H groups in total. The van der Waals surface area contributed by atoms with Gasteiger partial charge in [0.2, 0.25) is 0 Å². The van der Waals surface area contributed by atoms with Crippen molar-refractivity contribution in [3.8, 4) is 0 Å². The van der Waals surface area contributed by atoms with E-state index in [4.69, 9.17) is 0 Å². The SMILES string of the molecule is CC1(C)CC(O)CC(C)(C)N1CO. The number of hydrogen-bond acceptors (Lipinski definition) is 3. The third kappa shape index (κ3) is 2.03. The summed E-state index contributed by atoms with van der Waals surface area (Å²) in [4.78, 5) is 2.05. The van der Waals surface area contributed by atoms with Crippen molar-refractivity contribution in [1.82, 2.24) is 4.90 Å². The van der Waals surface area contributed by atoms with E-state index in [0.29, 0.717) is 0 Å². The van der Waals surface area contributed by atoms with Gasteiger partial charge in [0, 0.05) is 11.1 Å². The van der Waals surface area contributed by atoms with Crippen LogP contribution in [0.4, 0.5) is 0 Å². The van der Waals surface area contributed by atoms with E-state index in [1.165, 1.54) is 0 Å². The highest BCUT2D eigenvalue weighted by Crippen LogP contribution is 2.37. The molecule has 0 aromatic carbocycles. The van der Waals surface area contributed by atoms with Crippen molar-refractivity contribution in [2.24, 2.45) is 0 Å². The van der Waals surface area contributed by atoms with Crippen LogP contribution in [0.5, 0.6) is 0 Å². The smallest absolute Gasteiger partial charge is 0.0965 e. The Hall–Kier alpha value is -0.120. The van der Waals surface area contributed by atoms with Gasteiger partial charge >= 0.3 is 0 Å². The Morgan fingerprint density at radius 1 is 1.15 bits per heavy atom. The summed E-state index contributed by atoms with van der Waals surface area (Å²) >= 11 is 0. The molecule has 0 bridgehead atoms. The maximum atomic E-state index is 9.69. The van der Waals surface area contributed by atoms with Crippen LogP contribution in [0.3, 0.4) is 0 Å². The standard InChI is InChI=1S/C10H21NO2/c1-9(2)5-8(13)6-10(3,4)11(9)7-12/h8,12-13H,5-7H2,1-4H3. The molecule has 1 saturated heterocycles. The first-order valence-electron chi connectivity index (χ1n) is 4.86. The molecule has 78 valence electrons. The molecular formula is C10H21NO2. The Morgan fingerprint density at radius 2 is 1.54 bits per heavy atom. The second kappa shape index (κ2) is 3.23. The molecule has 1 rings (SSSR count). The minimum atomic E-state index is -0.243. The van der Waals surface area contributed by atoms with E-state index in [2.05, 4.69) is 27.7 Å². The highest BCUT2D eigenvalue weighted by Gasteiger charge is 2.44. The van der Waals surface area contributed by atoms with E-state index in [0.717, 1.165) is 12.8 Å². The average molecular weight is 187 g/mol. The molecule has 0 aromatic heterocycles. The summed E-state index contributed by atoms with van der Waals surface area (Å²) in [7, 11) is 0. The number of rotatable bonds is 1. The summed E-state index contributed by atoms with van der Waals surface area (Å²) in [5.74, 6) is 0. The fourth-order valence-corrected chi connectivity index (χ4v) is 2.65. The summed E-state index contributed by atoms with van der Waals surface area (Å²) in [5.41, 5.74) is -0.230. The van der Waals surface area contributed by atoms with Crippen molar-refractivity contribution < 1.29 is 10.2 Å². The van der Waals surface area contributed by atoms with Crippen molar-refractivity contribution in [3.05, 3.63) is 0 Å². The highest BCUT2D eigenvalue weighted by atomic mass is 16.3. The quantitative estimate of drug-likeness (QED) is 0.642. The molecule has 1 aliphatic rings. The molecule has 1 fully saturated rings. The third-order valence-electron chi connectivity index (χ3n) is 3.07. The Labute approximate surface area is 80.4 Å². The topological polar surface area (TPSA) is 43.7 Å². The minimum Gasteiger partial charge on any atom is -0.393 e. The highest BCUT2D eigenvalue weighted by molar-refractivity contribution is 4.98. The van der Waals surface area contributed by atoms with E-state index in [-0.39, 0.29) is 23.9 Å². The van der Waals surface area contributed by atoms with E-state index in [1.54, 1.807) is 0 Å². The van der Waals surface area contributed by atoms with Gasteiger partial charge in [0.05, 0.1) is 12.8 Å². The number of hydrogen-bond donors (Lipinski definition) is 2. The Kier molecular flexibility index (Phi) is 2.72. The molecule has 0 spiro atoms. The van der Waals surface area contributed by atoms with E-state index < -0.39 is 0 Å². The maximum absolute atomic E-state index is 9.69. The molecule has 1 heterocycles. The number of piperidine rings is 1. The fourth-order valence-electron chi connectivity index (χ4n) is 2.65. The van der Waals surface area contributed by atoms with Gasteiger partial charge in [-0.25, -0.2) is 0 Å². The molecular weight excluding hydrogens is 166 g/mol. The number of aliphatic hydroxyl groups is 2. The maximum Gasteiger partial charge on any atom is 0.0965 e. The lowest BCUT2D eigenvalue weighted by Crippen LogP contribution is -2.61. The number of nitrogens with zero attached hydrogens (tertiary/aromatic N) is 1. The van der Waals surface area contributed by atoms with Crippen molar-refractivity contribution in [2.45, 2.75) is 57.7 Å². The van der Waals surface area contributed by atoms with E-state index in [9.17, 15) is 10.2 Å². The summed E-state index contributed by atoms with van der Waals surface area (Å²) in [6, 6.07) is 0. The normalized spacial score (nSPS) is 29.1. The van der Waals surface area contributed by atoms with Crippen molar-refractivity contribution in [1.29, 1.82) is 0 Å². The van der Waals surface area contributed by atoms with Crippen LogP contribution in [0, 0.1) is 0 Å². The van der Waals surface area contributed by atoms with Gasteiger partial charge < -0.3 is 10.2 Å². The lowest BCUT2D eigenvalue weighted by molar-refractivity contribution is -0.117. The zero-order chi connectivity index (χ0) is 10.3. The van der Waals surface area contributed by atoms with Crippen LogP contribution in [0.15, 0.2) is 0 Å². The van der Waals surface area contributed by atoms with E-state index >= 15 is 0 Å². The van der Waals surface area contributed by atoms with Crippen molar-refractivity contribution >= 4 is 0 Å². The number of aliphatic hydroxyl groups excluding tert-OH is 2. The summed E-state index contributed by atoms with van der Waals surface area (Å²) in [6.45, 7) is 8.31. The van der Waals surface area contributed by atoms with Crippen LogP contribution >= 0.6 is 0 Å². The molecule has 1 aliphatic heterocycles. The summed E-state index contributed by atoms with van der Waals surface area (Å²) in [6.07, 6.45) is 1.22. The lowest BCUT2D eigenvalue weighted by atomic mass is 9.79. The van der Waals surface area contributed by atoms with Crippen LogP contribution in [-0.4, -0.2) is 39.0 Å². The molecule has 3 nitrogen and oxygen atoms in total. The molecule has 0 amide bonds. The van der Waals surface area contributed by atoms with Crippen LogP contribution in [0.25, 0.3) is 0 Å². The molecule has 0 unspecified atom stereocenters. The average Bonchev–Trinajstić information content (AvgIpc) is 1.79. The van der Waals surface area contributed by atoms with Gasteiger partial charge in [0.1, 0.15) is 0 Å². The van der Waals surface area contributed by atoms with Crippen LogP contribution < -0.4 is 0 Å². The Morgan fingerprint density at radius 3 is 1.85 bits per heavy atom. The first kappa shape index (κ1) is 11.0. The Balaban J connectivity index is 2.88. The summed E-state index contributed by atoms with van der Waals surface area (Å²) < 4.78 is 0. The first-order chi connectivity index (χ1) is 5.79. The third-order valence-corrected chi connectivity index (χ3v) is 3.07. The first-order valence-corrected chi connectivity index (χ1v) is 4.86. The Bertz CT molecular complexity index is 171. The van der Waals surface area contributed by atoms with Gasteiger partial charge in [-0.15, -0.1) is 0 Å². The predicted octanol–water partition coefficient (Wildman–Crippen LogP) is 0.950. The van der Waals surface area contributed by atoms with Gasteiger partial charge in [-0.1, -0.05) is 0 Å². The molecule has 0 atom stereocenters. The minimum absolute atomic E-state index is 0.0622. The van der Waals surface area contributed by atoms with E-state index in [1.807, 2.05) is 4.90 Å². The molecule has 0 aromatic rings. The second-order valence-corrected chi connectivity index (χ2v) is 5.26. The van der Waals surface area contributed by atoms with Gasteiger partial charge in [0.25, 0.3) is 0 Å². The summed E-state index contributed by atoms with van der Waals surface area (Å²) in [5, 5.41) is 19.0. The zero-order valence-electron chi connectivity index (χ0n) is 9.04. The van der Waals surface area contributed by atoms with Gasteiger partial charge in [-0.2, -0.15) is 0 Å². The molecule has 0 aliphatic carbocycles. The van der Waals surface area contributed by atoms with Gasteiger partial charge in [-0.05, 0) is 40.5 Å². The van der Waals surface area contributed by atoms with Crippen LogP contribution in [0.2, 0.25) is 0 Å². The predicted molar refractivity (Wildman–Crippen MR) is 52.3 cm³/mol. The van der Waals surface area contributed by atoms with Crippen molar-refractivity contribution in [3.63, 3.8) is 0 Å². The fraction of sp³-hybridized carbons (Fsp3) is 1.00. The lowest BCUT2D eigenvalue weighted by Gasteiger charge is -2.53. The van der Waals surface area contributed by atoms with Gasteiger partial charge in [0.15, 0.2) is 0 Å². The van der Waals surface area contributed by atoms with Crippen LogP contribution in [0.1, 0.15) is 40.5 Å². The van der Waals surface area contributed by atoms with Gasteiger partial charge in [-0.3, -0.25) is 4.90 Å². The number of likely N-dealkylation sites (tertiary alicyclic amines) is 1. The van der Waals surface area contributed by atoms with Crippen molar-refractivity contribution in [2.75, 3.05) is 6.73 Å². The zero-order valence-corrected chi connectivity index (χ0v) is 9.04. The largest absolute Gasteiger partial charge is 0.393 e. The molecule has 13 heavy (non-hydrogen) atoms. The van der Waals surface area contributed by atoms with Crippen LogP contribution in [-0.2, 0) is 0 Å². The molecule has 0 radical (unpaired) electrons. The monoisotopic (exact) mass is 187 g/mol. The molecule has 3 heteroatoms. The molecule has 0 saturated carbocycles. The second-order valence-electron chi connectivity index (χ2n) is 5.26.